The standard InChI is InChI=1S/C23H25N5O3S/c1-15-5-3-7-18(13-15)25-23(30)28-12-4-6-16(14-28)21-26-27-22(32-21)20(29)24-17-8-10-19(31-2)11-9-17/h3,5,7-11,13,16H,4,6,12,14H2,1-2H3,(H,24,29)(H,25,30)/t16-/m0/s1. The summed E-state index contributed by atoms with van der Waals surface area (Å²) in [7, 11) is 1.59. The van der Waals surface area contributed by atoms with E-state index in [1.165, 1.54) is 11.3 Å². The number of aromatic nitrogens is 2. The van der Waals surface area contributed by atoms with Gasteiger partial charge in [0.05, 0.1) is 7.11 Å². The number of ether oxygens (including phenoxy) is 1. The molecule has 0 aliphatic carbocycles. The molecule has 0 bridgehead atoms. The molecule has 3 amide bonds. The summed E-state index contributed by atoms with van der Waals surface area (Å²) in [4.78, 5) is 27.1. The minimum absolute atomic E-state index is 0.0621. The Hall–Kier alpha value is -3.46. The lowest BCUT2D eigenvalue weighted by Gasteiger charge is -2.31. The fourth-order valence-corrected chi connectivity index (χ4v) is 4.50. The highest BCUT2D eigenvalue weighted by Crippen LogP contribution is 2.30. The van der Waals surface area contributed by atoms with E-state index in [4.69, 9.17) is 4.74 Å². The highest BCUT2D eigenvalue weighted by atomic mass is 32.1. The number of piperidine rings is 1. The first kappa shape index (κ1) is 21.8. The molecule has 1 aliphatic rings. The van der Waals surface area contributed by atoms with E-state index in [2.05, 4.69) is 20.8 Å². The van der Waals surface area contributed by atoms with E-state index < -0.39 is 0 Å². The molecule has 1 saturated heterocycles. The van der Waals surface area contributed by atoms with Crippen LogP contribution in [-0.4, -0.2) is 47.2 Å². The molecule has 3 aromatic rings. The van der Waals surface area contributed by atoms with Crippen LogP contribution in [0.4, 0.5) is 16.2 Å². The molecule has 9 heteroatoms. The summed E-state index contributed by atoms with van der Waals surface area (Å²) in [6.45, 7) is 3.23. The number of likely N-dealkylation sites (tertiary alicyclic amines) is 1. The molecule has 1 aliphatic heterocycles. The molecule has 1 aromatic heterocycles. The Bertz CT molecular complexity index is 1100. The van der Waals surface area contributed by atoms with Crippen LogP contribution in [0.5, 0.6) is 5.75 Å². The number of nitrogens with one attached hydrogen (secondary N) is 2. The number of aryl methyl sites for hydroxylation is 1. The van der Waals surface area contributed by atoms with Crippen LogP contribution in [-0.2, 0) is 0 Å². The quantitative estimate of drug-likeness (QED) is 0.595. The number of urea groups is 1. The lowest BCUT2D eigenvalue weighted by molar-refractivity contribution is 0.102. The molecule has 8 nitrogen and oxygen atoms in total. The highest BCUT2D eigenvalue weighted by molar-refractivity contribution is 7.13. The van der Waals surface area contributed by atoms with Crippen LogP contribution in [0.25, 0.3) is 0 Å². The second-order valence-electron chi connectivity index (χ2n) is 7.71. The van der Waals surface area contributed by atoms with Crippen molar-refractivity contribution in [2.75, 3.05) is 30.8 Å². The summed E-state index contributed by atoms with van der Waals surface area (Å²) in [5.74, 6) is 0.477. The lowest BCUT2D eigenvalue weighted by Crippen LogP contribution is -2.41. The van der Waals surface area contributed by atoms with Gasteiger partial charge in [-0.1, -0.05) is 23.5 Å². The molecule has 1 atom stereocenters. The van der Waals surface area contributed by atoms with Crippen molar-refractivity contribution in [2.24, 2.45) is 0 Å². The Morgan fingerprint density at radius 2 is 1.91 bits per heavy atom. The third-order valence-corrected chi connectivity index (χ3v) is 6.39. The Morgan fingerprint density at radius 1 is 1.09 bits per heavy atom. The zero-order valence-corrected chi connectivity index (χ0v) is 18.8. The Kier molecular flexibility index (Phi) is 6.65. The highest BCUT2D eigenvalue weighted by Gasteiger charge is 2.28. The summed E-state index contributed by atoms with van der Waals surface area (Å²) in [5, 5.41) is 15.2. The van der Waals surface area contributed by atoms with Crippen LogP contribution in [0.15, 0.2) is 48.5 Å². The van der Waals surface area contributed by atoms with Gasteiger partial charge in [-0.15, -0.1) is 10.2 Å². The number of nitrogens with zero attached hydrogens (tertiary/aromatic N) is 3. The van der Waals surface area contributed by atoms with Gasteiger partial charge in [-0.05, 0) is 61.7 Å². The van der Waals surface area contributed by atoms with Crippen molar-refractivity contribution >= 4 is 34.6 Å². The molecule has 2 aromatic carbocycles. The largest absolute Gasteiger partial charge is 0.497 e. The number of hydrogen-bond donors (Lipinski definition) is 2. The first-order valence-corrected chi connectivity index (χ1v) is 11.2. The van der Waals surface area contributed by atoms with Gasteiger partial charge < -0.3 is 20.3 Å². The number of carbonyl (C=O) groups excluding carboxylic acids is 2. The zero-order chi connectivity index (χ0) is 22.5. The first-order chi connectivity index (χ1) is 15.5. The molecule has 1 fully saturated rings. The number of hydrogen-bond acceptors (Lipinski definition) is 6. The summed E-state index contributed by atoms with van der Waals surface area (Å²) >= 11 is 1.28. The van der Waals surface area contributed by atoms with Crippen LogP contribution in [0.3, 0.4) is 0 Å². The van der Waals surface area contributed by atoms with Gasteiger partial charge in [0, 0.05) is 30.4 Å². The van der Waals surface area contributed by atoms with Gasteiger partial charge in [-0.25, -0.2) is 4.79 Å². The summed E-state index contributed by atoms with van der Waals surface area (Å²) in [6, 6.07) is 14.7. The van der Waals surface area contributed by atoms with Crippen molar-refractivity contribution in [1.29, 1.82) is 0 Å². The number of rotatable bonds is 5. The fourth-order valence-electron chi connectivity index (χ4n) is 3.64. The SMILES string of the molecule is COc1ccc(NC(=O)c2nnc([C@H]3CCCN(C(=O)Nc4cccc(C)c4)C3)s2)cc1. The maximum atomic E-state index is 12.7. The minimum Gasteiger partial charge on any atom is -0.497 e. The maximum absolute atomic E-state index is 12.7. The van der Waals surface area contributed by atoms with Gasteiger partial charge in [0.1, 0.15) is 10.8 Å². The minimum atomic E-state index is -0.302. The van der Waals surface area contributed by atoms with Gasteiger partial charge >= 0.3 is 6.03 Å². The number of amides is 3. The van der Waals surface area contributed by atoms with E-state index in [-0.39, 0.29) is 17.9 Å². The van der Waals surface area contributed by atoms with Crippen molar-refractivity contribution in [2.45, 2.75) is 25.7 Å². The molecule has 2 N–H and O–H groups in total. The van der Waals surface area contributed by atoms with Gasteiger partial charge in [-0.2, -0.15) is 0 Å². The predicted molar refractivity (Wildman–Crippen MR) is 125 cm³/mol. The van der Waals surface area contributed by atoms with E-state index in [0.29, 0.717) is 23.8 Å². The molecule has 32 heavy (non-hydrogen) atoms. The molecule has 4 rings (SSSR count). The van der Waals surface area contributed by atoms with Crippen LogP contribution in [0.1, 0.15) is 39.1 Å². The number of benzene rings is 2. The molecule has 0 spiro atoms. The molecule has 0 saturated carbocycles. The third-order valence-electron chi connectivity index (χ3n) is 5.31. The molecular formula is C23H25N5O3S. The number of carbonyl (C=O) groups is 2. The molecular weight excluding hydrogens is 426 g/mol. The van der Waals surface area contributed by atoms with Gasteiger partial charge in [0.25, 0.3) is 5.91 Å². The summed E-state index contributed by atoms with van der Waals surface area (Å²) in [5.41, 5.74) is 2.53. The van der Waals surface area contributed by atoms with Crippen molar-refractivity contribution in [1.82, 2.24) is 15.1 Å². The fraction of sp³-hybridized carbons (Fsp3) is 0.304. The normalized spacial score (nSPS) is 15.8. The van der Waals surface area contributed by atoms with E-state index >= 15 is 0 Å². The molecule has 2 heterocycles. The molecule has 166 valence electrons. The Balaban J connectivity index is 1.37. The third kappa shape index (κ3) is 5.23. The summed E-state index contributed by atoms with van der Waals surface area (Å²) < 4.78 is 5.13. The van der Waals surface area contributed by atoms with Gasteiger partial charge in [-0.3, -0.25) is 4.79 Å². The van der Waals surface area contributed by atoms with Crippen molar-refractivity contribution in [3.05, 3.63) is 64.1 Å². The van der Waals surface area contributed by atoms with Crippen LogP contribution >= 0.6 is 11.3 Å². The first-order valence-electron chi connectivity index (χ1n) is 10.4. The average molecular weight is 452 g/mol. The van der Waals surface area contributed by atoms with Crippen LogP contribution in [0.2, 0.25) is 0 Å². The van der Waals surface area contributed by atoms with Gasteiger partial charge in [0.15, 0.2) is 0 Å². The topological polar surface area (TPSA) is 96.4 Å². The van der Waals surface area contributed by atoms with E-state index in [9.17, 15) is 9.59 Å². The summed E-state index contributed by atoms with van der Waals surface area (Å²) in [6.07, 6.45) is 1.78. The zero-order valence-electron chi connectivity index (χ0n) is 18.0. The van der Waals surface area contributed by atoms with E-state index in [1.807, 2.05) is 31.2 Å². The average Bonchev–Trinajstić information content (AvgIpc) is 3.30. The lowest BCUT2D eigenvalue weighted by atomic mass is 9.99. The molecule has 0 unspecified atom stereocenters. The predicted octanol–water partition coefficient (Wildman–Crippen LogP) is 4.52. The second kappa shape index (κ2) is 9.78. The van der Waals surface area contributed by atoms with Crippen molar-refractivity contribution in [3.63, 3.8) is 0 Å². The smallest absolute Gasteiger partial charge is 0.321 e. The Morgan fingerprint density at radius 3 is 2.66 bits per heavy atom. The maximum Gasteiger partial charge on any atom is 0.321 e. The van der Waals surface area contributed by atoms with Crippen LogP contribution < -0.4 is 15.4 Å². The van der Waals surface area contributed by atoms with E-state index in [1.54, 1.807) is 36.3 Å². The number of methoxy groups -OCH3 is 1. The second-order valence-corrected chi connectivity index (χ2v) is 8.72. The Labute approximate surface area is 190 Å². The monoisotopic (exact) mass is 451 g/mol. The van der Waals surface area contributed by atoms with Gasteiger partial charge in [0.2, 0.25) is 5.01 Å². The van der Waals surface area contributed by atoms with Crippen LogP contribution in [0, 0.1) is 6.92 Å². The molecule has 0 radical (unpaired) electrons. The van der Waals surface area contributed by atoms with Crippen molar-refractivity contribution < 1.29 is 14.3 Å². The van der Waals surface area contributed by atoms with Crippen molar-refractivity contribution in [3.8, 4) is 5.75 Å². The number of anilines is 2. The van der Waals surface area contributed by atoms with E-state index in [0.717, 1.165) is 34.8 Å².